The molecule has 1 unspecified atom stereocenters. The van der Waals surface area contributed by atoms with Crippen molar-refractivity contribution in [3.05, 3.63) is 54.1 Å². The number of ether oxygens (including phenoxy) is 2. The van der Waals surface area contributed by atoms with E-state index in [2.05, 4.69) is 6.92 Å². The Morgan fingerprint density at radius 2 is 1.39 bits per heavy atom. The minimum Gasteiger partial charge on any atom is -0.496 e. The fourth-order valence-corrected chi connectivity index (χ4v) is 5.97. The third kappa shape index (κ3) is 5.26. The SMILES string of the molecule is CCCCCCCCP(=O)(C(=O)c1c(OC)cccc1OC)c1ccccc1. The summed E-state index contributed by atoms with van der Waals surface area (Å²) in [6.45, 7) is 2.18. The topological polar surface area (TPSA) is 52.6 Å². The summed E-state index contributed by atoms with van der Waals surface area (Å²) < 4.78 is 24.9. The fraction of sp³-hybridized carbons (Fsp3) is 0.435. The first kappa shape index (κ1) is 22.2. The Morgan fingerprint density at radius 3 is 1.96 bits per heavy atom. The van der Waals surface area contributed by atoms with Crippen molar-refractivity contribution in [3.8, 4) is 11.5 Å². The first-order valence-electron chi connectivity index (χ1n) is 9.99. The lowest BCUT2D eigenvalue weighted by atomic mass is 10.1. The normalized spacial score (nSPS) is 13.0. The largest absolute Gasteiger partial charge is 0.496 e. The molecule has 2 aromatic rings. The zero-order valence-corrected chi connectivity index (χ0v) is 18.0. The predicted molar refractivity (Wildman–Crippen MR) is 116 cm³/mol. The van der Waals surface area contributed by atoms with Crippen molar-refractivity contribution >= 4 is 18.0 Å². The maximum Gasteiger partial charge on any atom is 0.233 e. The van der Waals surface area contributed by atoms with Gasteiger partial charge in [0.1, 0.15) is 17.1 Å². The first-order valence-corrected chi connectivity index (χ1v) is 11.9. The van der Waals surface area contributed by atoms with Crippen molar-refractivity contribution in [3.63, 3.8) is 0 Å². The van der Waals surface area contributed by atoms with Gasteiger partial charge in [-0.05, 0) is 18.6 Å². The van der Waals surface area contributed by atoms with Crippen LogP contribution in [-0.4, -0.2) is 25.9 Å². The van der Waals surface area contributed by atoms with Crippen LogP contribution in [-0.2, 0) is 4.57 Å². The van der Waals surface area contributed by atoms with Gasteiger partial charge in [0.2, 0.25) is 5.52 Å². The highest BCUT2D eigenvalue weighted by atomic mass is 31.2. The molecule has 0 N–H and O–H groups in total. The van der Waals surface area contributed by atoms with Crippen LogP contribution in [0.5, 0.6) is 11.5 Å². The Balaban J connectivity index is 2.35. The van der Waals surface area contributed by atoms with Gasteiger partial charge in [0.05, 0.1) is 14.2 Å². The fourth-order valence-electron chi connectivity index (χ4n) is 3.37. The molecule has 2 rings (SSSR count). The van der Waals surface area contributed by atoms with Gasteiger partial charge in [-0.1, -0.05) is 75.4 Å². The molecular formula is C23H31O4P. The summed E-state index contributed by atoms with van der Waals surface area (Å²) in [6.07, 6.45) is 6.80. The summed E-state index contributed by atoms with van der Waals surface area (Å²) >= 11 is 0. The van der Waals surface area contributed by atoms with Gasteiger partial charge < -0.3 is 14.0 Å². The second kappa shape index (κ2) is 11.1. The van der Waals surface area contributed by atoms with Crippen LogP contribution < -0.4 is 14.8 Å². The van der Waals surface area contributed by atoms with Crippen molar-refractivity contribution in [2.45, 2.75) is 45.4 Å². The zero-order valence-electron chi connectivity index (χ0n) is 17.1. The summed E-state index contributed by atoms with van der Waals surface area (Å²) in [6, 6.07) is 14.3. The Kier molecular flexibility index (Phi) is 8.79. The Hall–Kier alpha value is -2.06. The summed E-state index contributed by atoms with van der Waals surface area (Å²) in [5.74, 6) is 0.784. The average molecular weight is 402 g/mol. The van der Waals surface area contributed by atoms with Crippen molar-refractivity contribution in [2.24, 2.45) is 0 Å². The van der Waals surface area contributed by atoms with E-state index in [9.17, 15) is 9.36 Å². The molecule has 0 fully saturated rings. The number of carbonyl (C=O) groups is 1. The average Bonchev–Trinajstić information content (AvgIpc) is 2.75. The quantitative estimate of drug-likeness (QED) is 0.328. The summed E-state index contributed by atoms with van der Waals surface area (Å²) in [5, 5.41) is 0.599. The zero-order chi connectivity index (χ0) is 20.4. The Labute approximate surface area is 168 Å². The number of benzene rings is 2. The van der Waals surface area contributed by atoms with Crippen LogP contribution in [0.25, 0.3) is 0 Å². The molecule has 0 spiro atoms. The molecule has 0 radical (unpaired) electrons. The van der Waals surface area contributed by atoms with Crippen molar-refractivity contribution in [1.82, 2.24) is 0 Å². The monoisotopic (exact) mass is 402 g/mol. The first-order chi connectivity index (χ1) is 13.6. The molecule has 0 saturated carbocycles. The van der Waals surface area contributed by atoms with Gasteiger partial charge >= 0.3 is 0 Å². The van der Waals surface area contributed by atoms with Crippen molar-refractivity contribution in [2.75, 3.05) is 20.4 Å². The lowest BCUT2D eigenvalue weighted by molar-refractivity contribution is 0.107. The van der Waals surface area contributed by atoms with Crippen LogP contribution in [0.3, 0.4) is 0 Å². The minimum absolute atomic E-state index is 0.269. The van der Waals surface area contributed by atoms with Gasteiger partial charge in [-0.2, -0.15) is 0 Å². The Morgan fingerprint density at radius 1 is 0.821 bits per heavy atom. The molecule has 0 amide bonds. The van der Waals surface area contributed by atoms with E-state index >= 15 is 0 Å². The molecule has 4 nitrogen and oxygen atoms in total. The van der Waals surface area contributed by atoms with E-state index in [-0.39, 0.29) is 11.1 Å². The molecule has 0 aliphatic carbocycles. The summed E-state index contributed by atoms with van der Waals surface area (Å²) in [7, 11) is -0.306. The smallest absolute Gasteiger partial charge is 0.233 e. The summed E-state index contributed by atoms with van der Waals surface area (Å²) in [5.41, 5.74) is -0.118. The number of carbonyl (C=O) groups excluding carboxylic acids is 1. The van der Waals surface area contributed by atoms with Gasteiger partial charge in [0.25, 0.3) is 0 Å². The van der Waals surface area contributed by atoms with Gasteiger partial charge in [-0.25, -0.2) is 0 Å². The maximum absolute atomic E-state index is 14.1. The van der Waals surface area contributed by atoms with Crippen molar-refractivity contribution < 1.29 is 18.8 Å². The molecule has 0 heterocycles. The Bertz CT molecular complexity index is 779. The van der Waals surface area contributed by atoms with Gasteiger partial charge in [-0.15, -0.1) is 0 Å². The molecule has 28 heavy (non-hydrogen) atoms. The van der Waals surface area contributed by atoms with E-state index in [0.29, 0.717) is 23.0 Å². The van der Waals surface area contributed by atoms with Gasteiger partial charge in [-0.3, -0.25) is 4.79 Å². The highest BCUT2D eigenvalue weighted by Gasteiger charge is 2.37. The second-order valence-electron chi connectivity index (χ2n) is 6.91. The highest BCUT2D eigenvalue weighted by Crippen LogP contribution is 2.51. The molecule has 1 atom stereocenters. The molecule has 2 aromatic carbocycles. The second-order valence-corrected chi connectivity index (χ2v) is 9.76. The lowest BCUT2D eigenvalue weighted by Crippen LogP contribution is -2.17. The molecule has 0 aliphatic rings. The van der Waals surface area contributed by atoms with Crippen LogP contribution >= 0.6 is 7.14 Å². The number of methoxy groups -OCH3 is 2. The van der Waals surface area contributed by atoms with E-state index in [1.54, 1.807) is 30.3 Å². The third-order valence-corrected chi connectivity index (χ3v) is 7.93. The predicted octanol–water partition coefficient (Wildman–Crippen LogP) is 5.89. The van der Waals surface area contributed by atoms with E-state index < -0.39 is 7.14 Å². The molecule has 5 heteroatoms. The van der Waals surface area contributed by atoms with Crippen LogP contribution in [0.4, 0.5) is 0 Å². The van der Waals surface area contributed by atoms with E-state index in [1.807, 2.05) is 18.2 Å². The van der Waals surface area contributed by atoms with Crippen LogP contribution in [0, 0.1) is 0 Å². The van der Waals surface area contributed by atoms with E-state index in [0.717, 1.165) is 19.3 Å². The molecule has 0 saturated heterocycles. The van der Waals surface area contributed by atoms with Crippen LogP contribution in [0.15, 0.2) is 48.5 Å². The number of hydrogen-bond donors (Lipinski definition) is 0. The molecule has 152 valence electrons. The lowest BCUT2D eigenvalue weighted by Gasteiger charge is -2.20. The van der Waals surface area contributed by atoms with Crippen LogP contribution in [0.1, 0.15) is 55.8 Å². The highest BCUT2D eigenvalue weighted by molar-refractivity contribution is 7.87. The minimum atomic E-state index is -3.32. The molecular weight excluding hydrogens is 371 g/mol. The third-order valence-electron chi connectivity index (χ3n) is 4.97. The number of rotatable bonds is 12. The maximum atomic E-state index is 14.1. The van der Waals surface area contributed by atoms with Gasteiger partial charge in [0.15, 0.2) is 7.14 Å². The summed E-state index contributed by atoms with van der Waals surface area (Å²) in [4.78, 5) is 13.6. The standard InChI is InChI=1S/C23H31O4P/c1-4-5-6-7-8-12-18-28(25,19-14-10-9-11-15-19)23(24)22-20(26-2)16-13-17-21(22)27-3/h9-11,13-17H,4-8,12,18H2,1-3H3. The van der Waals surface area contributed by atoms with Crippen LogP contribution in [0.2, 0.25) is 0 Å². The van der Waals surface area contributed by atoms with E-state index in [1.165, 1.54) is 33.5 Å². The molecule has 0 aromatic heterocycles. The molecule has 0 aliphatic heterocycles. The van der Waals surface area contributed by atoms with Crippen molar-refractivity contribution in [1.29, 1.82) is 0 Å². The number of hydrogen-bond acceptors (Lipinski definition) is 4. The van der Waals surface area contributed by atoms with E-state index in [4.69, 9.17) is 9.47 Å². The molecule has 0 bridgehead atoms. The number of unbranched alkanes of at least 4 members (excludes halogenated alkanes) is 5. The van der Waals surface area contributed by atoms with Gasteiger partial charge in [0, 0.05) is 11.5 Å².